The SMILES string of the molecule is COc1ccc(CN=S2(=O)CCN(c3ccc(-c4cc(OCC5CC5)cn5ncc(C#N)c45)cn3)CC2)cc1. The van der Waals surface area contributed by atoms with Crippen molar-refractivity contribution in [2.45, 2.75) is 19.4 Å². The van der Waals surface area contributed by atoms with E-state index in [1.165, 1.54) is 12.8 Å². The molecule has 1 aromatic carbocycles. The number of anilines is 1. The Balaban J connectivity index is 1.17. The van der Waals surface area contributed by atoms with Crippen LogP contribution in [0.3, 0.4) is 0 Å². The van der Waals surface area contributed by atoms with E-state index in [9.17, 15) is 9.47 Å². The molecule has 0 amide bonds. The second kappa shape index (κ2) is 10.6. The van der Waals surface area contributed by atoms with Crippen molar-refractivity contribution in [2.24, 2.45) is 10.3 Å². The monoisotopic (exact) mass is 542 g/mol. The quantitative estimate of drug-likeness (QED) is 0.322. The molecule has 2 fully saturated rings. The predicted molar refractivity (Wildman–Crippen MR) is 151 cm³/mol. The highest BCUT2D eigenvalue weighted by Crippen LogP contribution is 2.33. The highest BCUT2D eigenvalue weighted by molar-refractivity contribution is 7.93. The number of rotatable bonds is 8. The fourth-order valence-electron chi connectivity index (χ4n) is 4.71. The molecule has 4 aromatic rings. The van der Waals surface area contributed by atoms with Gasteiger partial charge >= 0.3 is 0 Å². The second-order valence-corrected chi connectivity index (χ2v) is 12.6. The maximum Gasteiger partial charge on any atom is 0.138 e. The molecule has 1 aliphatic heterocycles. The first-order valence-corrected chi connectivity index (χ1v) is 15.0. The van der Waals surface area contributed by atoms with Crippen LogP contribution in [-0.2, 0) is 16.3 Å². The Morgan fingerprint density at radius 2 is 1.90 bits per heavy atom. The zero-order valence-electron chi connectivity index (χ0n) is 21.8. The summed E-state index contributed by atoms with van der Waals surface area (Å²) in [7, 11) is -0.626. The number of aromatic nitrogens is 3. The summed E-state index contributed by atoms with van der Waals surface area (Å²) in [6, 6.07) is 15.9. The second-order valence-electron chi connectivity index (χ2n) is 10.0. The van der Waals surface area contributed by atoms with Crippen LogP contribution in [0.5, 0.6) is 11.5 Å². The number of hydrogen-bond donors (Lipinski definition) is 0. The molecule has 1 saturated carbocycles. The molecule has 10 heteroatoms. The maximum absolute atomic E-state index is 13.3. The molecule has 2 aliphatic rings. The lowest BCUT2D eigenvalue weighted by atomic mass is 10.1. The van der Waals surface area contributed by atoms with Crippen LogP contribution in [-0.4, -0.2) is 57.1 Å². The number of fused-ring (bicyclic) bond motifs is 1. The van der Waals surface area contributed by atoms with Gasteiger partial charge in [0.15, 0.2) is 0 Å². The van der Waals surface area contributed by atoms with E-state index in [0.29, 0.717) is 49.2 Å². The van der Waals surface area contributed by atoms with E-state index in [1.807, 2.05) is 54.9 Å². The third-order valence-corrected chi connectivity index (χ3v) is 9.52. The first-order chi connectivity index (χ1) is 19.0. The van der Waals surface area contributed by atoms with Gasteiger partial charge in [0.2, 0.25) is 0 Å². The molecule has 9 nitrogen and oxygen atoms in total. The van der Waals surface area contributed by atoms with Crippen LogP contribution in [0.15, 0.2) is 65.4 Å². The summed E-state index contributed by atoms with van der Waals surface area (Å²) in [4.78, 5) is 6.89. The van der Waals surface area contributed by atoms with Crippen molar-refractivity contribution in [3.05, 3.63) is 72.2 Å². The van der Waals surface area contributed by atoms with Gasteiger partial charge < -0.3 is 14.4 Å². The molecule has 4 heterocycles. The number of hydrogen-bond acceptors (Lipinski definition) is 8. The van der Waals surface area contributed by atoms with Gasteiger partial charge in [0.25, 0.3) is 0 Å². The predicted octanol–water partition coefficient (Wildman–Crippen LogP) is 4.55. The van der Waals surface area contributed by atoms with Gasteiger partial charge in [-0.05, 0) is 54.7 Å². The van der Waals surface area contributed by atoms with Gasteiger partial charge in [0.05, 0.1) is 53.5 Å². The van der Waals surface area contributed by atoms with Crippen LogP contribution < -0.4 is 14.4 Å². The molecule has 3 aromatic heterocycles. The van der Waals surface area contributed by atoms with Crippen LogP contribution in [0.25, 0.3) is 16.6 Å². The van der Waals surface area contributed by atoms with Crippen molar-refractivity contribution >= 4 is 21.1 Å². The minimum atomic E-state index is -2.26. The van der Waals surface area contributed by atoms with Gasteiger partial charge in [-0.25, -0.2) is 18.1 Å². The topological polar surface area (TPSA) is 105 Å². The summed E-state index contributed by atoms with van der Waals surface area (Å²) < 4.78 is 30.9. The van der Waals surface area contributed by atoms with E-state index in [0.717, 1.165) is 39.5 Å². The lowest BCUT2D eigenvalue weighted by molar-refractivity contribution is 0.298. The van der Waals surface area contributed by atoms with Crippen molar-refractivity contribution < 1.29 is 13.7 Å². The molecule has 0 radical (unpaired) electrons. The van der Waals surface area contributed by atoms with Crippen LogP contribution in [0.1, 0.15) is 24.0 Å². The average molecular weight is 543 g/mol. The Bertz CT molecular complexity index is 1630. The molecule has 0 spiro atoms. The smallest absolute Gasteiger partial charge is 0.138 e. The molecular formula is C29H30N6O3S. The summed E-state index contributed by atoms with van der Waals surface area (Å²) in [5.74, 6) is 4.01. The molecule has 0 atom stereocenters. The largest absolute Gasteiger partial charge is 0.497 e. The van der Waals surface area contributed by atoms with Crippen LogP contribution in [0, 0.1) is 17.2 Å². The Kier molecular flexibility index (Phi) is 6.83. The Hall–Kier alpha value is -4.10. The fraction of sp³-hybridized carbons (Fsp3) is 0.345. The summed E-state index contributed by atoms with van der Waals surface area (Å²) in [5.41, 5.74) is 4.00. The molecule has 6 rings (SSSR count). The number of ether oxygens (including phenoxy) is 2. The summed E-state index contributed by atoms with van der Waals surface area (Å²) in [6.07, 6.45) is 7.65. The molecule has 200 valence electrons. The minimum absolute atomic E-state index is 0.437. The number of pyridine rings is 2. The van der Waals surface area contributed by atoms with E-state index < -0.39 is 9.73 Å². The van der Waals surface area contributed by atoms with E-state index in [2.05, 4.69) is 20.4 Å². The maximum atomic E-state index is 13.3. The first kappa shape index (κ1) is 25.2. The van der Waals surface area contributed by atoms with E-state index in [-0.39, 0.29) is 0 Å². The first-order valence-electron chi connectivity index (χ1n) is 13.1. The Morgan fingerprint density at radius 3 is 2.56 bits per heavy atom. The summed E-state index contributed by atoms with van der Waals surface area (Å²) in [5, 5.41) is 14.0. The average Bonchev–Trinajstić information content (AvgIpc) is 3.72. The third-order valence-electron chi connectivity index (χ3n) is 7.27. The van der Waals surface area contributed by atoms with Gasteiger partial charge in [-0.2, -0.15) is 10.4 Å². The number of nitrogens with zero attached hydrogens (tertiary/aromatic N) is 6. The molecule has 0 unspecified atom stereocenters. The van der Waals surface area contributed by atoms with Crippen LogP contribution >= 0.6 is 0 Å². The number of benzene rings is 1. The third kappa shape index (κ3) is 5.54. The van der Waals surface area contributed by atoms with Crippen molar-refractivity contribution in [3.63, 3.8) is 0 Å². The van der Waals surface area contributed by atoms with Gasteiger partial charge in [-0.3, -0.25) is 0 Å². The zero-order chi connectivity index (χ0) is 26.8. The highest BCUT2D eigenvalue weighted by atomic mass is 32.2. The van der Waals surface area contributed by atoms with Gasteiger partial charge in [-0.15, -0.1) is 0 Å². The number of methoxy groups -OCH3 is 1. The van der Waals surface area contributed by atoms with Gasteiger partial charge in [-0.1, -0.05) is 12.1 Å². The molecule has 0 N–H and O–H groups in total. The van der Waals surface area contributed by atoms with Crippen LogP contribution in [0.4, 0.5) is 5.82 Å². The molecule has 39 heavy (non-hydrogen) atoms. The highest BCUT2D eigenvalue weighted by Gasteiger charge is 2.23. The van der Waals surface area contributed by atoms with E-state index in [1.54, 1.807) is 17.8 Å². The molecule has 0 bridgehead atoms. The standard InChI is InChI=1S/C29H30N6O3S/c1-37-25-7-4-21(5-8-25)16-33-39(36)12-10-34(11-13-39)28-9-6-23(17-31-28)27-14-26(38-20-22-2-3-22)19-35-29(27)24(15-30)18-32-35/h4-9,14,17-19,22H,2-3,10-13,16,20H2,1H3. The fourth-order valence-corrected chi connectivity index (χ4v) is 6.57. The summed E-state index contributed by atoms with van der Waals surface area (Å²) in [6.45, 7) is 2.40. The lowest BCUT2D eigenvalue weighted by Gasteiger charge is -2.29. The number of nitriles is 1. The molecular weight excluding hydrogens is 512 g/mol. The lowest BCUT2D eigenvalue weighted by Crippen LogP contribution is -2.40. The Morgan fingerprint density at radius 1 is 1.10 bits per heavy atom. The molecule has 1 saturated heterocycles. The normalized spacial score (nSPS) is 16.6. The van der Waals surface area contributed by atoms with Crippen molar-refractivity contribution in [2.75, 3.05) is 43.2 Å². The van der Waals surface area contributed by atoms with E-state index >= 15 is 0 Å². The van der Waals surface area contributed by atoms with E-state index in [4.69, 9.17) is 14.5 Å². The van der Waals surface area contributed by atoms with Gasteiger partial charge in [0.1, 0.15) is 23.4 Å². The minimum Gasteiger partial charge on any atom is -0.497 e. The van der Waals surface area contributed by atoms with Crippen molar-refractivity contribution in [1.82, 2.24) is 14.6 Å². The summed E-state index contributed by atoms with van der Waals surface area (Å²) >= 11 is 0. The Labute approximate surface area is 228 Å². The van der Waals surface area contributed by atoms with Crippen LogP contribution in [0.2, 0.25) is 0 Å². The van der Waals surface area contributed by atoms with Crippen molar-refractivity contribution in [3.8, 4) is 28.7 Å². The zero-order valence-corrected chi connectivity index (χ0v) is 22.6. The molecule has 1 aliphatic carbocycles. The van der Waals surface area contributed by atoms with Crippen molar-refractivity contribution in [1.29, 1.82) is 5.26 Å². The van der Waals surface area contributed by atoms with Gasteiger partial charge in [0, 0.05) is 41.9 Å².